The van der Waals surface area contributed by atoms with E-state index in [0.29, 0.717) is 13.2 Å². The van der Waals surface area contributed by atoms with Gasteiger partial charge < -0.3 is 19.9 Å². The van der Waals surface area contributed by atoms with Crippen LogP contribution >= 0.6 is 0 Å². The van der Waals surface area contributed by atoms with Gasteiger partial charge >= 0.3 is 0 Å². The van der Waals surface area contributed by atoms with Crippen LogP contribution in [0.25, 0.3) is 0 Å². The molecule has 21 heavy (non-hydrogen) atoms. The second kappa shape index (κ2) is 6.67. The third-order valence-corrected chi connectivity index (χ3v) is 3.88. The highest BCUT2D eigenvalue weighted by atomic mass is 16.5. The number of ether oxygens (including phenoxy) is 3. The number of hydrogen-bond acceptors (Lipinski definition) is 4. The Balaban J connectivity index is 2.06. The number of hydrogen-bond donors (Lipinski definition) is 1. The van der Waals surface area contributed by atoms with Gasteiger partial charge in [0.1, 0.15) is 18.1 Å². The Morgan fingerprint density at radius 2 is 1.95 bits per heavy atom. The molecule has 0 amide bonds. The van der Waals surface area contributed by atoms with Gasteiger partial charge in [0.25, 0.3) is 0 Å². The van der Waals surface area contributed by atoms with Gasteiger partial charge in [0, 0.05) is 12.1 Å². The smallest absolute Gasteiger partial charge is 0.123 e. The molecule has 1 aromatic rings. The lowest BCUT2D eigenvalue weighted by molar-refractivity contribution is 0.0218. The first-order chi connectivity index (χ1) is 9.94. The summed E-state index contributed by atoms with van der Waals surface area (Å²) in [5.41, 5.74) is 6.79. The van der Waals surface area contributed by atoms with Crippen LogP contribution in [0.2, 0.25) is 0 Å². The highest BCUT2D eigenvalue weighted by molar-refractivity contribution is 5.44. The van der Waals surface area contributed by atoms with E-state index in [1.54, 1.807) is 7.11 Å². The Morgan fingerprint density at radius 1 is 1.24 bits per heavy atom. The molecule has 2 N–H and O–H groups in total. The summed E-state index contributed by atoms with van der Waals surface area (Å²) >= 11 is 0. The van der Waals surface area contributed by atoms with Crippen molar-refractivity contribution in [1.29, 1.82) is 0 Å². The average Bonchev–Trinajstić information content (AvgIpc) is 2.92. The van der Waals surface area contributed by atoms with Crippen molar-refractivity contribution in [3.63, 3.8) is 0 Å². The molecule has 2 unspecified atom stereocenters. The highest BCUT2D eigenvalue weighted by Crippen LogP contribution is 2.34. The van der Waals surface area contributed by atoms with Crippen LogP contribution in [-0.2, 0) is 10.2 Å². The summed E-state index contributed by atoms with van der Waals surface area (Å²) in [5.74, 6) is 1.76. The molecule has 0 radical (unpaired) electrons. The quantitative estimate of drug-likeness (QED) is 0.907. The molecule has 1 fully saturated rings. The lowest BCUT2D eigenvalue weighted by Gasteiger charge is -2.24. The summed E-state index contributed by atoms with van der Waals surface area (Å²) in [6, 6.07) is 5.96. The molecule has 1 aliphatic heterocycles. The molecule has 0 aromatic heterocycles. The van der Waals surface area contributed by atoms with Crippen molar-refractivity contribution in [3.8, 4) is 11.5 Å². The van der Waals surface area contributed by atoms with Crippen LogP contribution in [-0.4, -0.2) is 32.5 Å². The molecule has 1 aliphatic rings. The topological polar surface area (TPSA) is 53.7 Å². The van der Waals surface area contributed by atoms with E-state index in [4.69, 9.17) is 19.9 Å². The fourth-order valence-electron chi connectivity index (χ4n) is 2.61. The summed E-state index contributed by atoms with van der Waals surface area (Å²) in [6.45, 7) is 7.68. The van der Waals surface area contributed by atoms with Gasteiger partial charge in [0.2, 0.25) is 0 Å². The van der Waals surface area contributed by atoms with Crippen LogP contribution in [0.15, 0.2) is 18.2 Å². The Bertz CT molecular complexity index is 468. The molecule has 118 valence electrons. The van der Waals surface area contributed by atoms with Crippen LogP contribution in [0.4, 0.5) is 0 Å². The van der Waals surface area contributed by atoms with Crippen molar-refractivity contribution in [2.75, 3.05) is 20.3 Å². The summed E-state index contributed by atoms with van der Waals surface area (Å²) < 4.78 is 17.2. The lowest BCUT2D eigenvalue weighted by atomic mass is 9.86. The Morgan fingerprint density at radius 3 is 2.52 bits per heavy atom. The van der Waals surface area contributed by atoms with E-state index < -0.39 is 0 Å². The van der Waals surface area contributed by atoms with Gasteiger partial charge in [0.05, 0.1) is 19.3 Å². The van der Waals surface area contributed by atoms with Gasteiger partial charge in [-0.15, -0.1) is 0 Å². The van der Waals surface area contributed by atoms with Crippen LogP contribution < -0.4 is 15.2 Å². The predicted molar refractivity (Wildman–Crippen MR) is 84.1 cm³/mol. The van der Waals surface area contributed by atoms with Crippen molar-refractivity contribution in [2.45, 2.75) is 51.2 Å². The summed E-state index contributed by atoms with van der Waals surface area (Å²) in [6.07, 6.45) is 2.38. The minimum absolute atomic E-state index is 0.000199. The van der Waals surface area contributed by atoms with Crippen LogP contribution in [0.1, 0.15) is 39.2 Å². The first kappa shape index (κ1) is 16.1. The molecular weight excluding hydrogens is 266 g/mol. The van der Waals surface area contributed by atoms with Crippen molar-refractivity contribution in [2.24, 2.45) is 5.73 Å². The summed E-state index contributed by atoms with van der Waals surface area (Å²) in [4.78, 5) is 0. The van der Waals surface area contributed by atoms with E-state index in [0.717, 1.165) is 29.9 Å². The van der Waals surface area contributed by atoms with Crippen LogP contribution in [0, 0.1) is 0 Å². The molecule has 4 nitrogen and oxygen atoms in total. The highest BCUT2D eigenvalue weighted by Gasteiger charge is 2.26. The fraction of sp³-hybridized carbons (Fsp3) is 0.647. The molecule has 0 spiro atoms. The zero-order chi connectivity index (χ0) is 15.5. The largest absolute Gasteiger partial charge is 0.497 e. The molecule has 0 aliphatic carbocycles. The molecule has 2 atom stereocenters. The van der Waals surface area contributed by atoms with E-state index in [1.807, 2.05) is 18.2 Å². The van der Waals surface area contributed by atoms with Crippen LogP contribution in [0.5, 0.6) is 11.5 Å². The van der Waals surface area contributed by atoms with Gasteiger partial charge in [-0.2, -0.15) is 0 Å². The molecule has 4 heteroatoms. The van der Waals surface area contributed by atoms with Crippen molar-refractivity contribution in [1.82, 2.24) is 0 Å². The molecule has 1 aromatic carbocycles. The second-order valence-corrected chi connectivity index (χ2v) is 6.62. The molecule has 2 rings (SSSR count). The second-order valence-electron chi connectivity index (χ2n) is 6.62. The van der Waals surface area contributed by atoms with E-state index in [1.165, 1.54) is 0 Å². The zero-order valence-corrected chi connectivity index (χ0v) is 13.5. The average molecular weight is 293 g/mol. The monoisotopic (exact) mass is 293 g/mol. The zero-order valence-electron chi connectivity index (χ0n) is 13.5. The first-order valence-corrected chi connectivity index (χ1v) is 7.61. The normalized spacial score (nSPS) is 22.3. The number of methoxy groups -OCH3 is 1. The van der Waals surface area contributed by atoms with E-state index in [2.05, 4.69) is 20.8 Å². The molecule has 1 saturated heterocycles. The Labute approximate surface area is 127 Å². The number of benzene rings is 1. The van der Waals surface area contributed by atoms with E-state index >= 15 is 0 Å². The third-order valence-electron chi connectivity index (χ3n) is 3.88. The minimum atomic E-state index is 0.000199. The van der Waals surface area contributed by atoms with E-state index in [9.17, 15) is 0 Å². The SMILES string of the molecule is COc1ccc(OCC2CCC(CN)O2)c(C(C)(C)C)c1. The van der Waals surface area contributed by atoms with Crippen molar-refractivity contribution < 1.29 is 14.2 Å². The van der Waals surface area contributed by atoms with Gasteiger partial charge in [-0.25, -0.2) is 0 Å². The first-order valence-electron chi connectivity index (χ1n) is 7.61. The Kier molecular flexibility index (Phi) is 5.12. The molecule has 0 saturated carbocycles. The third kappa shape index (κ3) is 4.11. The van der Waals surface area contributed by atoms with Crippen molar-refractivity contribution >= 4 is 0 Å². The van der Waals surface area contributed by atoms with Gasteiger partial charge in [-0.1, -0.05) is 20.8 Å². The predicted octanol–water partition coefficient (Wildman–Crippen LogP) is 2.88. The van der Waals surface area contributed by atoms with Gasteiger partial charge in [-0.3, -0.25) is 0 Å². The molecule has 0 bridgehead atoms. The molecular formula is C17H27NO3. The van der Waals surface area contributed by atoms with Crippen LogP contribution in [0.3, 0.4) is 0 Å². The number of rotatable bonds is 5. The maximum Gasteiger partial charge on any atom is 0.123 e. The minimum Gasteiger partial charge on any atom is -0.497 e. The van der Waals surface area contributed by atoms with E-state index in [-0.39, 0.29) is 17.6 Å². The standard InChI is InChI=1S/C17H27NO3/c1-17(2,3)15-9-12(19-4)7-8-16(15)20-11-14-6-5-13(10-18)21-14/h7-9,13-14H,5-6,10-11,18H2,1-4H3. The number of nitrogens with two attached hydrogens (primary N) is 1. The van der Waals surface area contributed by atoms with Crippen molar-refractivity contribution in [3.05, 3.63) is 23.8 Å². The van der Waals surface area contributed by atoms with Gasteiger partial charge in [0.15, 0.2) is 0 Å². The molecule has 1 heterocycles. The summed E-state index contributed by atoms with van der Waals surface area (Å²) in [7, 11) is 1.68. The lowest BCUT2D eigenvalue weighted by Crippen LogP contribution is -2.24. The fourth-order valence-corrected chi connectivity index (χ4v) is 2.61. The maximum absolute atomic E-state index is 6.02. The Hall–Kier alpha value is -1.26. The summed E-state index contributed by atoms with van der Waals surface area (Å²) in [5, 5.41) is 0. The van der Waals surface area contributed by atoms with Gasteiger partial charge in [-0.05, 0) is 36.5 Å². The maximum atomic E-state index is 6.02.